The second kappa shape index (κ2) is 5.48. The highest BCUT2D eigenvalue weighted by molar-refractivity contribution is 5.76. The molecule has 15 heavy (non-hydrogen) atoms. The van der Waals surface area contributed by atoms with Gasteiger partial charge in [-0.2, -0.15) is 0 Å². The fourth-order valence-electron chi connectivity index (χ4n) is 1.07. The second-order valence-electron chi connectivity index (χ2n) is 3.20. The first kappa shape index (κ1) is 11.7. The number of hydrogen-bond acceptors (Lipinski definition) is 4. The lowest BCUT2D eigenvalue weighted by Crippen LogP contribution is -2.29. The van der Waals surface area contributed by atoms with Gasteiger partial charge in [-0.15, -0.1) is 0 Å². The van der Waals surface area contributed by atoms with Crippen LogP contribution < -0.4 is 5.73 Å². The Balaban J connectivity index is 2.61. The van der Waals surface area contributed by atoms with E-state index >= 15 is 0 Å². The molecule has 0 aliphatic heterocycles. The van der Waals surface area contributed by atoms with Gasteiger partial charge in [0, 0.05) is 0 Å². The third-order valence-corrected chi connectivity index (χ3v) is 2.01. The van der Waals surface area contributed by atoms with Crippen LogP contribution in [-0.2, 0) is 9.53 Å². The maximum Gasteiger partial charge on any atom is 0.341 e. The predicted molar refractivity (Wildman–Crippen MR) is 55.8 cm³/mol. The van der Waals surface area contributed by atoms with Crippen molar-refractivity contribution in [3.05, 3.63) is 35.9 Å². The topological polar surface area (TPSA) is 72.5 Å². The molecule has 0 saturated carbocycles. The van der Waals surface area contributed by atoms with Gasteiger partial charge in [0.05, 0.1) is 0 Å². The minimum absolute atomic E-state index is 0.505. The quantitative estimate of drug-likeness (QED) is 0.572. The molecule has 0 fully saturated rings. The summed E-state index contributed by atoms with van der Waals surface area (Å²) in [4.78, 5) is 11.4. The van der Waals surface area contributed by atoms with E-state index in [0.717, 1.165) is 0 Å². The Morgan fingerprint density at radius 2 is 2.07 bits per heavy atom. The minimum Gasteiger partial charge on any atom is -0.445 e. The number of nitrogens with two attached hydrogens (primary N) is 1. The smallest absolute Gasteiger partial charge is 0.341 e. The molecular formula is C11H15NO3. The number of esters is 1. The lowest BCUT2D eigenvalue weighted by Gasteiger charge is -2.14. The molecule has 1 aromatic carbocycles. The normalized spacial score (nSPS) is 14.3. The van der Waals surface area contributed by atoms with Crippen LogP contribution in [0.2, 0.25) is 0 Å². The zero-order valence-electron chi connectivity index (χ0n) is 8.59. The molecule has 0 heterocycles. The first-order valence-corrected chi connectivity index (χ1v) is 4.84. The third-order valence-electron chi connectivity index (χ3n) is 2.01. The van der Waals surface area contributed by atoms with Gasteiger partial charge in [0.1, 0.15) is 0 Å². The van der Waals surface area contributed by atoms with Crippen molar-refractivity contribution >= 4 is 5.97 Å². The van der Waals surface area contributed by atoms with Crippen molar-refractivity contribution in [3.8, 4) is 0 Å². The third kappa shape index (κ3) is 3.34. The lowest BCUT2D eigenvalue weighted by molar-refractivity contribution is -0.159. The van der Waals surface area contributed by atoms with Crippen LogP contribution in [-0.4, -0.2) is 17.3 Å². The Labute approximate surface area is 88.7 Å². The summed E-state index contributed by atoms with van der Waals surface area (Å²) in [6.45, 7) is 1.80. The van der Waals surface area contributed by atoms with Crippen molar-refractivity contribution < 1.29 is 14.6 Å². The van der Waals surface area contributed by atoms with Crippen molar-refractivity contribution in [1.82, 2.24) is 0 Å². The molecule has 3 N–H and O–H groups in total. The molecule has 1 rings (SSSR count). The highest BCUT2D eigenvalue weighted by Crippen LogP contribution is 2.14. The summed E-state index contributed by atoms with van der Waals surface area (Å²) in [7, 11) is 0. The fourth-order valence-corrected chi connectivity index (χ4v) is 1.07. The molecular weight excluding hydrogens is 194 g/mol. The Kier molecular flexibility index (Phi) is 4.27. The number of aliphatic hydroxyl groups is 1. The van der Waals surface area contributed by atoms with Crippen molar-refractivity contribution in [3.63, 3.8) is 0 Å². The number of carbonyl (C=O) groups is 1. The van der Waals surface area contributed by atoms with E-state index in [1.165, 1.54) is 0 Å². The zero-order chi connectivity index (χ0) is 11.3. The van der Waals surface area contributed by atoms with Gasteiger partial charge < -0.3 is 9.84 Å². The molecule has 0 bridgehead atoms. The molecule has 1 aromatic rings. The largest absolute Gasteiger partial charge is 0.445 e. The summed E-state index contributed by atoms with van der Waals surface area (Å²) in [5.41, 5.74) is 5.94. The average Bonchev–Trinajstić information content (AvgIpc) is 2.29. The monoisotopic (exact) mass is 209 g/mol. The van der Waals surface area contributed by atoms with Gasteiger partial charge in [0.2, 0.25) is 0 Å². The highest BCUT2D eigenvalue weighted by Gasteiger charge is 2.20. The van der Waals surface area contributed by atoms with Crippen LogP contribution in [0.3, 0.4) is 0 Å². The number of hydrogen-bond donors (Lipinski definition) is 2. The maximum absolute atomic E-state index is 11.4. The number of ether oxygens (including phenoxy) is 1. The number of aliphatic hydroxyl groups excluding tert-OH is 1. The highest BCUT2D eigenvalue weighted by atomic mass is 16.6. The van der Waals surface area contributed by atoms with Gasteiger partial charge in [-0.3, -0.25) is 5.73 Å². The van der Waals surface area contributed by atoms with Gasteiger partial charge >= 0.3 is 5.97 Å². The van der Waals surface area contributed by atoms with Crippen molar-refractivity contribution in [2.24, 2.45) is 5.73 Å². The van der Waals surface area contributed by atoms with Gasteiger partial charge in [-0.25, -0.2) is 4.79 Å². The van der Waals surface area contributed by atoms with Gasteiger partial charge in [0.25, 0.3) is 0 Å². The fraction of sp³-hybridized carbons (Fsp3) is 0.364. The summed E-state index contributed by atoms with van der Waals surface area (Å²) in [5, 5.41) is 9.60. The molecule has 82 valence electrons. The van der Waals surface area contributed by atoms with Gasteiger partial charge in [-0.1, -0.05) is 37.3 Å². The van der Waals surface area contributed by atoms with Crippen LogP contribution >= 0.6 is 0 Å². The molecule has 1 unspecified atom stereocenters. The lowest BCUT2D eigenvalue weighted by atomic mass is 10.1. The van der Waals surface area contributed by atoms with Gasteiger partial charge in [0.15, 0.2) is 12.3 Å². The van der Waals surface area contributed by atoms with Crippen LogP contribution in [0.4, 0.5) is 0 Å². The van der Waals surface area contributed by atoms with Crippen molar-refractivity contribution in [1.29, 1.82) is 0 Å². The van der Waals surface area contributed by atoms with Crippen LogP contribution in [0.1, 0.15) is 25.0 Å². The van der Waals surface area contributed by atoms with E-state index in [4.69, 9.17) is 10.5 Å². The molecule has 0 aliphatic carbocycles. The minimum atomic E-state index is -1.26. The van der Waals surface area contributed by atoms with E-state index in [-0.39, 0.29) is 0 Å². The number of rotatable bonds is 4. The van der Waals surface area contributed by atoms with E-state index in [1.54, 1.807) is 37.3 Å². The van der Waals surface area contributed by atoms with Crippen molar-refractivity contribution in [2.75, 3.05) is 0 Å². The van der Waals surface area contributed by atoms with E-state index in [9.17, 15) is 9.90 Å². The Morgan fingerprint density at radius 1 is 1.47 bits per heavy atom. The molecule has 0 amide bonds. The average molecular weight is 209 g/mol. The van der Waals surface area contributed by atoms with E-state index < -0.39 is 18.3 Å². The molecule has 0 radical (unpaired) electrons. The molecule has 2 atom stereocenters. The van der Waals surface area contributed by atoms with Crippen molar-refractivity contribution in [2.45, 2.75) is 25.7 Å². The Morgan fingerprint density at radius 3 is 2.60 bits per heavy atom. The van der Waals surface area contributed by atoms with E-state index in [2.05, 4.69) is 0 Å². The van der Waals surface area contributed by atoms with Crippen LogP contribution in [0.5, 0.6) is 0 Å². The predicted octanol–water partition coefficient (Wildman–Crippen LogP) is 0.958. The summed E-state index contributed by atoms with van der Waals surface area (Å²) >= 11 is 0. The standard InChI is InChI=1S/C11H15NO3/c1-2-9(12)15-11(14)10(13)8-6-4-3-5-7-8/h3-7,9-10,13H,2,12H2,1H3/t9?,10-/m1/s1. The van der Waals surface area contributed by atoms with E-state index in [0.29, 0.717) is 12.0 Å². The molecule has 4 heteroatoms. The molecule has 4 nitrogen and oxygen atoms in total. The molecule has 0 spiro atoms. The first-order valence-electron chi connectivity index (χ1n) is 4.84. The molecule has 0 aromatic heterocycles. The number of carbonyl (C=O) groups excluding carboxylic acids is 1. The van der Waals surface area contributed by atoms with Gasteiger partial charge in [-0.05, 0) is 12.0 Å². The Hall–Kier alpha value is -1.39. The summed E-state index contributed by atoms with van der Waals surface area (Å²) < 4.78 is 4.80. The zero-order valence-corrected chi connectivity index (χ0v) is 8.59. The van der Waals surface area contributed by atoms with Crippen LogP contribution in [0.15, 0.2) is 30.3 Å². The Bertz CT molecular complexity index is 313. The van der Waals surface area contributed by atoms with Crippen LogP contribution in [0, 0.1) is 0 Å². The first-order chi connectivity index (χ1) is 7.15. The second-order valence-corrected chi connectivity index (χ2v) is 3.20. The SMILES string of the molecule is CCC(N)OC(=O)[C@H](O)c1ccccc1. The summed E-state index contributed by atoms with van der Waals surface area (Å²) in [6.07, 6.45) is -1.40. The van der Waals surface area contributed by atoms with Crippen LogP contribution in [0.25, 0.3) is 0 Å². The molecule has 0 aliphatic rings. The summed E-state index contributed by atoms with van der Waals surface area (Å²) in [6, 6.07) is 8.60. The maximum atomic E-state index is 11.4. The van der Waals surface area contributed by atoms with E-state index in [1.807, 2.05) is 0 Å². The number of benzene rings is 1. The summed E-state index contributed by atoms with van der Waals surface area (Å²) in [5.74, 6) is -0.712. The molecule has 0 saturated heterocycles.